The number of imidazole rings is 1. The number of hydrogen-bond donors (Lipinski definition) is 0. The SMILES string of the molecule is CC(C)CN(Cc1nc2ccccc2n1Cc1ccccc1CN1CCCCC1)C(=O)C=Cc1cccc2ccccc12. The summed E-state index contributed by atoms with van der Waals surface area (Å²) in [6.45, 7) is 9.50. The van der Waals surface area contributed by atoms with Gasteiger partial charge in [-0.25, -0.2) is 4.98 Å². The molecule has 0 spiro atoms. The van der Waals surface area contributed by atoms with Crippen LogP contribution in [0.1, 0.15) is 55.6 Å². The maximum absolute atomic E-state index is 13.7. The van der Waals surface area contributed by atoms with Crippen LogP contribution >= 0.6 is 0 Å². The predicted octanol–water partition coefficient (Wildman–Crippen LogP) is 7.92. The fourth-order valence-electron chi connectivity index (χ4n) is 6.32. The molecule has 6 rings (SSSR count). The highest BCUT2D eigenvalue weighted by atomic mass is 16.2. The molecule has 0 atom stereocenters. The van der Waals surface area contributed by atoms with Crippen LogP contribution in [0.3, 0.4) is 0 Å². The minimum Gasteiger partial charge on any atom is -0.331 e. The van der Waals surface area contributed by atoms with Crippen LogP contribution in [0.2, 0.25) is 0 Å². The fourth-order valence-corrected chi connectivity index (χ4v) is 6.32. The molecule has 1 aliphatic heterocycles. The van der Waals surface area contributed by atoms with Gasteiger partial charge in [0.1, 0.15) is 5.82 Å². The maximum Gasteiger partial charge on any atom is 0.246 e. The third kappa shape index (κ3) is 6.89. The van der Waals surface area contributed by atoms with Crippen molar-refractivity contribution in [3.63, 3.8) is 0 Å². The molecule has 0 bridgehead atoms. The zero-order valence-electron chi connectivity index (χ0n) is 25.5. The molecule has 220 valence electrons. The number of rotatable bonds is 10. The molecule has 0 unspecified atom stereocenters. The Bertz CT molecular complexity index is 1720. The zero-order chi connectivity index (χ0) is 29.6. The third-order valence-electron chi connectivity index (χ3n) is 8.48. The van der Waals surface area contributed by atoms with E-state index in [4.69, 9.17) is 4.98 Å². The Kier molecular flexibility index (Phi) is 8.99. The van der Waals surface area contributed by atoms with Gasteiger partial charge in [0.05, 0.1) is 17.6 Å². The predicted molar refractivity (Wildman–Crippen MR) is 178 cm³/mol. The van der Waals surface area contributed by atoms with E-state index in [1.54, 1.807) is 6.08 Å². The lowest BCUT2D eigenvalue weighted by molar-refractivity contribution is -0.127. The number of likely N-dealkylation sites (tertiary alicyclic amines) is 1. The van der Waals surface area contributed by atoms with Gasteiger partial charge in [-0.1, -0.05) is 99.1 Å². The number of piperidine rings is 1. The number of para-hydroxylation sites is 2. The van der Waals surface area contributed by atoms with E-state index in [9.17, 15) is 4.79 Å². The lowest BCUT2D eigenvalue weighted by Gasteiger charge is -2.27. The van der Waals surface area contributed by atoms with Gasteiger partial charge in [-0.3, -0.25) is 9.69 Å². The molecule has 0 aliphatic carbocycles. The average molecular weight is 571 g/mol. The van der Waals surface area contributed by atoms with E-state index >= 15 is 0 Å². The molecule has 5 nitrogen and oxygen atoms in total. The van der Waals surface area contributed by atoms with Crippen LogP contribution in [0, 0.1) is 5.92 Å². The molecular weight excluding hydrogens is 528 g/mol. The van der Waals surface area contributed by atoms with Crippen molar-refractivity contribution in [3.05, 3.63) is 120 Å². The number of fused-ring (bicyclic) bond motifs is 2. The Hall–Kier alpha value is -4.22. The Balaban J connectivity index is 1.29. The smallest absolute Gasteiger partial charge is 0.246 e. The van der Waals surface area contributed by atoms with Crippen LogP contribution in [0.5, 0.6) is 0 Å². The molecule has 5 aromatic rings. The Morgan fingerprint density at radius 3 is 2.35 bits per heavy atom. The Morgan fingerprint density at radius 1 is 0.837 bits per heavy atom. The topological polar surface area (TPSA) is 41.4 Å². The number of nitrogens with zero attached hydrogens (tertiary/aromatic N) is 4. The van der Waals surface area contributed by atoms with E-state index in [0.717, 1.165) is 40.9 Å². The van der Waals surface area contributed by atoms with Gasteiger partial charge in [0.15, 0.2) is 0 Å². The highest BCUT2D eigenvalue weighted by Gasteiger charge is 2.20. The van der Waals surface area contributed by atoms with Gasteiger partial charge in [0.25, 0.3) is 0 Å². The molecule has 5 heteroatoms. The fraction of sp³-hybridized carbons (Fsp3) is 0.316. The molecule has 0 N–H and O–H groups in total. The van der Waals surface area contributed by atoms with Gasteiger partial charge in [-0.05, 0) is 77.5 Å². The lowest BCUT2D eigenvalue weighted by Crippen LogP contribution is -2.33. The van der Waals surface area contributed by atoms with Crippen LogP contribution < -0.4 is 0 Å². The number of amides is 1. The van der Waals surface area contributed by atoms with Crippen LogP contribution in [0.25, 0.3) is 27.9 Å². The Morgan fingerprint density at radius 2 is 1.53 bits per heavy atom. The summed E-state index contributed by atoms with van der Waals surface area (Å²) < 4.78 is 2.32. The summed E-state index contributed by atoms with van der Waals surface area (Å²) in [5.74, 6) is 1.25. The van der Waals surface area contributed by atoms with Gasteiger partial charge in [-0.2, -0.15) is 0 Å². The van der Waals surface area contributed by atoms with Crippen LogP contribution in [0.4, 0.5) is 0 Å². The number of aromatic nitrogens is 2. The first-order valence-electron chi connectivity index (χ1n) is 15.7. The molecule has 0 radical (unpaired) electrons. The molecule has 2 heterocycles. The van der Waals surface area contributed by atoms with Crippen molar-refractivity contribution >= 4 is 33.8 Å². The molecule has 1 fully saturated rings. The quantitative estimate of drug-likeness (QED) is 0.160. The first-order chi connectivity index (χ1) is 21.0. The van der Waals surface area contributed by atoms with Crippen molar-refractivity contribution < 1.29 is 4.79 Å². The maximum atomic E-state index is 13.7. The minimum atomic E-state index is 0.00531. The average Bonchev–Trinajstić information content (AvgIpc) is 3.37. The van der Waals surface area contributed by atoms with Crippen LogP contribution in [-0.2, 0) is 24.4 Å². The summed E-state index contributed by atoms with van der Waals surface area (Å²) in [5.41, 5.74) is 5.81. The molecule has 1 amide bonds. The lowest BCUT2D eigenvalue weighted by atomic mass is 10.0. The molecule has 43 heavy (non-hydrogen) atoms. The van der Waals surface area contributed by atoms with Crippen molar-refractivity contribution in [2.45, 2.75) is 52.7 Å². The molecule has 1 aliphatic rings. The van der Waals surface area contributed by atoms with E-state index in [-0.39, 0.29) is 5.91 Å². The number of benzene rings is 4. The molecule has 0 saturated carbocycles. The first-order valence-corrected chi connectivity index (χ1v) is 15.7. The number of hydrogen-bond acceptors (Lipinski definition) is 3. The van der Waals surface area contributed by atoms with Gasteiger partial charge in [-0.15, -0.1) is 0 Å². The van der Waals surface area contributed by atoms with E-state index in [1.807, 2.05) is 35.2 Å². The zero-order valence-corrected chi connectivity index (χ0v) is 25.5. The molecule has 4 aromatic carbocycles. The first kappa shape index (κ1) is 28.9. The van der Waals surface area contributed by atoms with E-state index in [0.29, 0.717) is 19.0 Å². The van der Waals surface area contributed by atoms with Gasteiger partial charge < -0.3 is 9.47 Å². The largest absolute Gasteiger partial charge is 0.331 e. The highest BCUT2D eigenvalue weighted by Crippen LogP contribution is 2.24. The minimum absolute atomic E-state index is 0.00531. The Labute approximate surface area is 255 Å². The second kappa shape index (κ2) is 13.4. The second-order valence-corrected chi connectivity index (χ2v) is 12.2. The van der Waals surface area contributed by atoms with Crippen molar-refractivity contribution in [1.29, 1.82) is 0 Å². The van der Waals surface area contributed by atoms with Crippen LogP contribution in [-0.4, -0.2) is 44.9 Å². The van der Waals surface area contributed by atoms with Crippen molar-refractivity contribution in [2.75, 3.05) is 19.6 Å². The van der Waals surface area contributed by atoms with E-state index in [2.05, 4.69) is 90.0 Å². The summed E-state index contributed by atoms with van der Waals surface area (Å²) in [7, 11) is 0. The van der Waals surface area contributed by atoms with E-state index < -0.39 is 0 Å². The summed E-state index contributed by atoms with van der Waals surface area (Å²) in [5, 5.41) is 2.32. The molecule has 1 aromatic heterocycles. The summed E-state index contributed by atoms with van der Waals surface area (Å²) in [4.78, 5) is 23.4. The standard InChI is InChI=1S/C38H42N4O/c1-29(2)25-41(38(43)22-21-31-17-12-16-30-13-6-7-18-34(30)31)28-37-39-35-19-8-9-20-36(35)42(37)27-33-15-5-4-14-32(33)26-40-23-10-3-11-24-40/h4-9,12-22,29H,3,10-11,23-28H2,1-2H3. The second-order valence-electron chi connectivity index (χ2n) is 12.2. The normalized spacial score (nSPS) is 14.3. The number of carbonyl (C=O) groups is 1. The van der Waals surface area contributed by atoms with Gasteiger partial charge in [0, 0.05) is 25.7 Å². The van der Waals surface area contributed by atoms with Crippen molar-refractivity contribution in [3.8, 4) is 0 Å². The monoisotopic (exact) mass is 570 g/mol. The van der Waals surface area contributed by atoms with Gasteiger partial charge >= 0.3 is 0 Å². The van der Waals surface area contributed by atoms with Gasteiger partial charge in [0.2, 0.25) is 5.91 Å². The van der Waals surface area contributed by atoms with Crippen molar-refractivity contribution in [1.82, 2.24) is 19.4 Å². The summed E-state index contributed by atoms with van der Waals surface area (Å²) in [6.07, 6.45) is 7.59. The number of carbonyl (C=O) groups excluding carboxylic acids is 1. The molecular formula is C38H42N4O. The third-order valence-corrected chi connectivity index (χ3v) is 8.48. The highest BCUT2D eigenvalue weighted by molar-refractivity contribution is 5.96. The van der Waals surface area contributed by atoms with Crippen molar-refractivity contribution in [2.24, 2.45) is 5.92 Å². The van der Waals surface area contributed by atoms with Crippen LogP contribution in [0.15, 0.2) is 97.1 Å². The van der Waals surface area contributed by atoms with E-state index in [1.165, 1.54) is 48.9 Å². The summed E-state index contributed by atoms with van der Waals surface area (Å²) >= 11 is 0. The summed E-state index contributed by atoms with van der Waals surface area (Å²) in [6, 6.07) is 31.7. The molecule has 1 saturated heterocycles.